The van der Waals surface area contributed by atoms with Crippen molar-refractivity contribution in [2.75, 3.05) is 0 Å². The smallest absolute Gasteiger partial charge is 0.0595 e. The zero-order valence-electron chi connectivity index (χ0n) is 11.2. The van der Waals surface area contributed by atoms with E-state index >= 15 is 0 Å². The molecule has 1 atom stereocenters. The molecule has 0 saturated heterocycles. The van der Waals surface area contributed by atoms with Crippen LogP contribution in [0.15, 0.2) is 24.4 Å². The fourth-order valence-corrected chi connectivity index (χ4v) is 2.19. The number of benzene rings is 1. The molecule has 0 aliphatic carbocycles. The standard InChI is InChI=1S/C14H17Cl2N3/c1-9(11-4-5-13(15)14(16)6-11)17-7-12-8-18-19(3)10(12)2/h4-6,8-9,17H,7H2,1-3H3. The fourth-order valence-electron chi connectivity index (χ4n) is 1.88. The highest BCUT2D eigenvalue weighted by Crippen LogP contribution is 2.25. The van der Waals surface area contributed by atoms with E-state index in [1.54, 1.807) is 0 Å². The number of halogens is 2. The molecule has 1 unspecified atom stereocenters. The lowest BCUT2D eigenvalue weighted by Gasteiger charge is -2.14. The third-order valence-corrected chi connectivity index (χ3v) is 4.12. The van der Waals surface area contributed by atoms with Crippen LogP contribution < -0.4 is 5.32 Å². The van der Waals surface area contributed by atoms with Crippen molar-refractivity contribution in [1.29, 1.82) is 0 Å². The van der Waals surface area contributed by atoms with Crippen LogP contribution in [0, 0.1) is 6.92 Å². The predicted molar refractivity (Wildman–Crippen MR) is 79.7 cm³/mol. The molecule has 0 bridgehead atoms. The fraction of sp³-hybridized carbons (Fsp3) is 0.357. The van der Waals surface area contributed by atoms with Crippen LogP contribution in [0.2, 0.25) is 10.0 Å². The maximum absolute atomic E-state index is 6.03. The monoisotopic (exact) mass is 297 g/mol. The van der Waals surface area contributed by atoms with E-state index in [4.69, 9.17) is 23.2 Å². The minimum Gasteiger partial charge on any atom is -0.306 e. The Balaban J connectivity index is 2.03. The van der Waals surface area contributed by atoms with Crippen LogP contribution in [0.3, 0.4) is 0 Å². The summed E-state index contributed by atoms with van der Waals surface area (Å²) in [6.45, 7) is 4.94. The van der Waals surface area contributed by atoms with Gasteiger partial charge in [0.1, 0.15) is 0 Å². The molecule has 1 N–H and O–H groups in total. The summed E-state index contributed by atoms with van der Waals surface area (Å²) < 4.78 is 1.88. The van der Waals surface area contributed by atoms with E-state index in [2.05, 4.69) is 24.3 Å². The van der Waals surface area contributed by atoms with Gasteiger partial charge in [0.15, 0.2) is 0 Å². The molecule has 2 rings (SSSR count). The number of rotatable bonds is 4. The lowest BCUT2D eigenvalue weighted by Crippen LogP contribution is -2.18. The Morgan fingerprint density at radius 2 is 2.05 bits per heavy atom. The van der Waals surface area contributed by atoms with Gasteiger partial charge in [0.05, 0.1) is 16.2 Å². The first-order chi connectivity index (χ1) is 8.99. The van der Waals surface area contributed by atoms with E-state index in [0.29, 0.717) is 10.0 Å². The molecular weight excluding hydrogens is 281 g/mol. The lowest BCUT2D eigenvalue weighted by molar-refractivity contribution is 0.572. The van der Waals surface area contributed by atoms with E-state index in [1.807, 2.05) is 36.1 Å². The summed E-state index contributed by atoms with van der Waals surface area (Å²) in [5, 5.41) is 8.86. The molecule has 1 aromatic carbocycles. The van der Waals surface area contributed by atoms with Gasteiger partial charge in [-0.05, 0) is 31.5 Å². The van der Waals surface area contributed by atoms with Crippen molar-refractivity contribution in [3.05, 3.63) is 51.3 Å². The SMILES string of the molecule is Cc1c(CNC(C)c2ccc(Cl)c(Cl)c2)cnn1C. The molecule has 0 radical (unpaired) electrons. The van der Waals surface area contributed by atoms with Crippen LogP contribution in [0.4, 0.5) is 0 Å². The molecule has 1 aromatic heterocycles. The summed E-state index contributed by atoms with van der Waals surface area (Å²) >= 11 is 11.9. The maximum Gasteiger partial charge on any atom is 0.0595 e. The first kappa shape index (κ1) is 14.4. The Bertz CT molecular complexity index is 578. The quantitative estimate of drug-likeness (QED) is 0.928. The number of nitrogens with zero attached hydrogens (tertiary/aromatic N) is 2. The third kappa shape index (κ3) is 3.30. The first-order valence-corrected chi connectivity index (χ1v) is 6.90. The van der Waals surface area contributed by atoms with Crippen molar-refractivity contribution in [2.24, 2.45) is 7.05 Å². The average Bonchev–Trinajstić information content (AvgIpc) is 2.70. The van der Waals surface area contributed by atoms with Crippen LogP contribution >= 0.6 is 23.2 Å². The van der Waals surface area contributed by atoms with Crippen LogP contribution in [0.1, 0.15) is 29.8 Å². The average molecular weight is 298 g/mol. The summed E-state index contributed by atoms with van der Waals surface area (Å²) in [5.41, 5.74) is 3.50. The Morgan fingerprint density at radius 3 is 2.63 bits per heavy atom. The zero-order chi connectivity index (χ0) is 14.0. The van der Waals surface area contributed by atoms with Gasteiger partial charge in [-0.2, -0.15) is 5.10 Å². The summed E-state index contributed by atoms with van der Waals surface area (Å²) in [5.74, 6) is 0. The highest BCUT2D eigenvalue weighted by atomic mass is 35.5. The second kappa shape index (κ2) is 5.95. The minimum atomic E-state index is 0.203. The second-order valence-electron chi connectivity index (χ2n) is 4.65. The van der Waals surface area contributed by atoms with Crippen molar-refractivity contribution in [1.82, 2.24) is 15.1 Å². The maximum atomic E-state index is 6.03. The molecule has 19 heavy (non-hydrogen) atoms. The number of nitrogens with one attached hydrogen (secondary N) is 1. The molecular formula is C14H17Cl2N3. The van der Waals surface area contributed by atoms with E-state index in [9.17, 15) is 0 Å². The van der Waals surface area contributed by atoms with Crippen molar-refractivity contribution < 1.29 is 0 Å². The number of aromatic nitrogens is 2. The van der Waals surface area contributed by atoms with E-state index in [0.717, 1.165) is 12.1 Å². The number of aryl methyl sites for hydroxylation is 1. The summed E-state index contributed by atoms with van der Waals surface area (Å²) in [6, 6.07) is 5.92. The van der Waals surface area contributed by atoms with E-state index < -0.39 is 0 Å². The normalized spacial score (nSPS) is 12.7. The van der Waals surface area contributed by atoms with Gasteiger partial charge in [0.2, 0.25) is 0 Å². The molecule has 0 aliphatic heterocycles. The Hall–Kier alpha value is -1.03. The second-order valence-corrected chi connectivity index (χ2v) is 5.47. The molecule has 102 valence electrons. The van der Waals surface area contributed by atoms with Crippen LogP contribution in [-0.2, 0) is 13.6 Å². The highest BCUT2D eigenvalue weighted by molar-refractivity contribution is 6.42. The number of hydrogen-bond acceptors (Lipinski definition) is 2. The molecule has 5 heteroatoms. The van der Waals surface area contributed by atoms with Gasteiger partial charge in [-0.3, -0.25) is 4.68 Å². The Kier molecular flexibility index (Phi) is 4.50. The molecule has 0 aliphatic rings. The van der Waals surface area contributed by atoms with Crippen LogP contribution in [-0.4, -0.2) is 9.78 Å². The van der Waals surface area contributed by atoms with Crippen LogP contribution in [0.5, 0.6) is 0 Å². The van der Waals surface area contributed by atoms with E-state index in [-0.39, 0.29) is 6.04 Å². The van der Waals surface area contributed by atoms with Crippen molar-refractivity contribution in [3.8, 4) is 0 Å². The highest BCUT2D eigenvalue weighted by Gasteiger charge is 2.09. The van der Waals surface area contributed by atoms with Gasteiger partial charge in [-0.25, -0.2) is 0 Å². The van der Waals surface area contributed by atoms with Gasteiger partial charge in [-0.1, -0.05) is 29.3 Å². The van der Waals surface area contributed by atoms with Gasteiger partial charge in [0, 0.05) is 30.9 Å². The molecule has 0 amide bonds. The van der Waals surface area contributed by atoms with Gasteiger partial charge in [-0.15, -0.1) is 0 Å². The zero-order valence-corrected chi connectivity index (χ0v) is 12.8. The lowest BCUT2D eigenvalue weighted by atomic mass is 10.1. The molecule has 0 spiro atoms. The topological polar surface area (TPSA) is 29.9 Å². The molecule has 0 saturated carbocycles. The van der Waals surface area contributed by atoms with Crippen LogP contribution in [0.25, 0.3) is 0 Å². The summed E-state index contributed by atoms with van der Waals surface area (Å²) in [6.07, 6.45) is 1.89. The molecule has 3 nitrogen and oxygen atoms in total. The minimum absolute atomic E-state index is 0.203. The third-order valence-electron chi connectivity index (χ3n) is 3.38. The van der Waals surface area contributed by atoms with E-state index in [1.165, 1.54) is 11.3 Å². The molecule has 2 aromatic rings. The Morgan fingerprint density at radius 1 is 1.32 bits per heavy atom. The van der Waals surface area contributed by atoms with Crippen molar-refractivity contribution in [3.63, 3.8) is 0 Å². The molecule has 1 heterocycles. The van der Waals surface area contributed by atoms with Gasteiger partial charge < -0.3 is 5.32 Å². The molecule has 0 fully saturated rings. The summed E-state index contributed by atoms with van der Waals surface area (Å²) in [7, 11) is 1.95. The predicted octanol–water partition coefficient (Wildman–Crippen LogP) is 3.89. The Labute approximate surface area is 123 Å². The number of hydrogen-bond donors (Lipinski definition) is 1. The largest absolute Gasteiger partial charge is 0.306 e. The van der Waals surface area contributed by atoms with Gasteiger partial charge in [0.25, 0.3) is 0 Å². The van der Waals surface area contributed by atoms with Gasteiger partial charge >= 0.3 is 0 Å². The first-order valence-electron chi connectivity index (χ1n) is 6.15. The summed E-state index contributed by atoms with van der Waals surface area (Å²) in [4.78, 5) is 0. The van der Waals surface area contributed by atoms with Crippen molar-refractivity contribution in [2.45, 2.75) is 26.4 Å². The van der Waals surface area contributed by atoms with Crippen molar-refractivity contribution >= 4 is 23.2 Å².